The molecule has 0 unspecified atom stereocenters. The zero-order valence-electron chi connectivity index (χ0n) is 13.9. The van der Waals surface area contributed by atoms with E-state index in [0.29, 0.717) is 5.91 Å². The molecule has 0 radical (unpaired) electrons. The van der Waals surface area contributed by atoms with Crippen molar-refractivity contribution in [1.82, 2.24) is 9.88 Å². The summed E-state index contributed by atoms with van der Waals surface area (Å²) in [5.41, 5.74) is 2.34. The largest absolute Gasteiger partial charge is 0.355 e. The molecule has 0 bridgehead atoms. The van der Waals surface area contributed by atoms with Crippen molar-refractivity contribution in [2.75, 3.05) is 24.5 Å². The average Bonchev–Trinajstić information content (AvgIpc) is 3.08. The summed E-state index contributed by atoms with van der Waals surface area (Å²) in [6.45, 7) is 3.19. The predicted octanol–water partition coefficient (Wildman–Crippen LogP) is 3.32. The number of nitrogens with zero attached hydrogens (tertiary/aromatic N) is 3. The summed E-state index contributed by atoms with van der Waals surface area (Å²) in [5.74, 6) is 1.38. The van der Waals surface area contributed by atoms with Crippen LogP contribution >= 0.6 is 11.3 Å². The quantitative estimate of drug-likeness (QED) is 0.712. The van der Waals surface area contributed by atoms with E-state index in [4.69, 9.17) is 4.98 Å². The Bertz CT molecular complexity index is 945. The number of para-hydroxylation sites is 1. The number of amides is 1. The second kappa shape index (κ2) is 5.85. The Labute approximate surface area is 150 Å². The zero-order valence-corrected chi connectivity index (χ0v) is 14.7. The molecule has 1 aromatic carbocycles. The van der Waals surface area contributed by atoms with Crippen LogP contribution in [0.25, 0.3) is 10.9 Å². The van der Waals surface area contributed by atoms with E-state index in [0.717, 1.165) is 49.3 Å². The third-order valence-electron chi connectivity index (χ3n) is 5.26. The number of rotatable bonds is 2. The van der Waals surface area contributed by atoms with Gasteiger partial charge in [-0.3, -0.25) is 4.79 Å². The number of carbonyl (C=O) groups excluding carboxylic acids is 1. The molecule has 2 aromatic heterocycles. The third kappa shape index (κ3) is 2.59. The molecule has 4 nitrogen and oxygen atoms in total. The molecule has 4 heterocycles. The Morgan fingerprint density at radius 3 is 2.92 bits per heavy atom. The highest BCUT2D eigenvalue weighted by atomic mass is 32.1. The van der Waals surface area contributed by atoms with Gasteiger partial charge in [-0.05, 0) is 41.6 Å². The van der Waals surface area contributed by atoms with E-state index < -0.39 is 0 Å². The van der Waals surface area contributed by atoms with Crippen molar-refractivity contribution in [2.45, 2.75) is 13.0 Å². The van der Waals surface area contributed by atoms with Crippen LogP contribution in [0.2, 0.25) is 0 Å². The molecule has 5 rings (SSSR count). The van der Waals surface area contributed by atoms with Gasteiger partial charge in [-0.2, -0.15) is 0 Å². The summed E-state index contributed by atoms with van der Waals surface area (Å²) in [5, 5.41) is 3.29. The minimum Gasteiger partial charge on any atom is -0.355 e. The number of pyridine rings is 1. The zero-order chi connectivity index (χ0) is 16.8. The first-order valence-electron chi connectivity index (χ1n) is 8.73. The van der Waals surface area contributed by atoms with Gasteiger partial charge in [0.05, 0.1) is 11.4 Å². The molecule has 1 saturated heterocycles. The molecule has 0 atom stereocenters. The maximum atomic E-state index is 12.8. The van der Waals surface area contributed by atoms with Gasteiger partial charge in [0.2, 0.25) is 5.91 Å². The summed E-state index contributed by atoms with van der Waals surface area (Å²) in [6, 6.07) is 14.5. The Morgan fingerprint density at radius 1 is 1.12 bits per heavy atom. The van der Waals surface area contributed by atoms with Gasteiger partial charge in [0.25, 0.3) is 0 Å². The fourth-order valence-electron chi connectivity index (χ4n) is 3.75. The van der Waals surface area contributed by atoms with Crippen LogP contribution in [0.1, 0.15) is 10.4 Å². The van der Waals surface area contributed by atoms with E-state index in [2.05, 4.69) is 34.5 Å². The summed E-state index contributed by atoms with van der Waals surface area (Å²) in [6.07, 6.45) is 1.00. The lowest BCUT2D eigenvalue weighted by atomic mass is 9.97. The van der Waals surface area contributed by atoms with Gasteiger partial charge in [-0.1, -0.05) is 18.2 Å². The number of benzene rings is 1. The first-order chi connectivity index (χ1) is 12.3. The van der Waals surface area contributed by atoms with E-state index in [1.165, 1.54) is 10.4 Å². The molecule has 1 fully saturated rings. The second-order valence-electron chi connectivity index (χ2n) is 6.84. The molecular weight excluding hydrogens is 330 g/mol. The van der Waals surface area contributed by atoms with Gasteiger partial charge < -0.3 is 9.80 Å². The normalized spacial score (nSPS) is 17.4. The molecule has 126 valence electrons. The van der Waals surface area contributed by atoms with Gasteiger partial charge in [-0.15, -0.1) is 11.3 Å². The van der Waals surface area contributed by atoms with E-state index >= 15 is 0 Å². The van der Waals surface area contributed by atoms with Gasteiger partial charge >= 0.3 is 0 Å². The van der Waals surface area contributed by atoms with Crippen molar-refractivity contribution in [3.05, 3.63) is 58.3 Å². The van der Waals surface area contributed by atoms with Crippen LogP contribution in [0.5, 0.6) is 0 Å². The smallest absolute Gasteiger partial charge is 0.229 e. The van der Waals surface area contributed by atoms with Gasteiger partial charge in [-0.25, -0.2) is 4.98 Å². The second-order valence-corrected chi connectivity index (χ2v) is 7.84. The SMILES string of the molecule is O=C(C1CN(c2ccc3ccccc3n2)C1)N1CCc2sccc2C1. The molecule has 0 N–H and O–H groups in total. The topological polar surface area (TPSA) is 36.4 Å². The van der Waals surface area contributed by atoms with Crippen molar-refractivity contribution >= 4 is 34.0 Å². The van der Waals surface area contributed by atoms with E-state index in [1.807, 2.05) is 34.4 Å². The molecule has 0 saturated carbocycles. The minimum atomic E-state index is 0.105. The van der Waals surface area contributed by atoms with Crippen molar-refractivity contribution in [2.24, 2.45) is 5.92 Å². The van der Waals surface area contributed by atoms with E-state index in [-0.39, 0.29) is 5.92 Å². The molecular formula is C20H19N3OS. The van der Waals surface area contributed by atoms with Crippen LogP contribution in [0.15, 0.2) is 47.8 Å². The first kappa shape index (κ1) is 14.9. The number of aromatic nitrogens is 1. The summed E-state index contributed by atoms with van der Waals surface area (Å²) in [7, 11) is 0. The minimum absolute atomic E-state index is 0.105. The first-order valence-corrected chi connectivity index (χ1v) is 9.61. The monoisotopic (exact) mass is 349 g/mol. The Morgan fingerprint density at radius 2 is 2.00 bits per heavy atom. The van der Waals surface area contributed by atoms with Crippen molar-refractivity contribution in [3.8, 4) is 0 Å². The number of hydrogen-bond acceptors (Lipinski definition) is 4. The Kier molecular flexibility index (Phi) is 3.48. The lowest BCUT2D eigenvalue weighted by Crippen LogP contribution is -2.55. The maximum absolute atomic E-state index is 12.8. The van der Waals surface area contributed by atoms with Gasteiger partial charge in [0.15, 0.2) is 0 Å². The number of fused-ring (bicyclic) bond motifs is 2. The molecule has 0 aliphatic carbocycles. The van der Waals surface area contributed by atoms with Crippen LogP contribution in [0.3, 0.4) is 0 Å². The van der Waals surface area contributed by atoms with Crippen molar-refractivity contribution in [3.63, 3.8) is 0 Å². The van der Waals surface area contributed by atoms with Crippen molar-refractivity contribution < 1.29 is 4.79 Å². The number of carbonyl (C=O) groups is 1. The highest BCUT2D eigenvalue weighted by Gasteiger charge is 2.37. The van der Waals surface area contributed by atoms with E-state index in [1.54, 1.807) is 0 Å². The lowest BCUT2D eigenvalue weighted by molar-refractivity contribution is -0.137. The molecule has 2 aliphatic heterocycles. The van der Waals surface area contributed by atoms with Crippen LogP contribution in [-0.4, -0.2) is 35.4 Å². The molecule has 25 heavy (non-hydrogen) atoms. The Balaban J connectivity index is 1.26. The van der Waals surface area contributed by atoms with Crippen molar-refractivity contribution in [1.29, 1.82) is 0 Å². The highest BCUT2D eigenvalue weighted by molar-refractivity contribution is 7.10. The van der Waals surface area contributed by atoms with E-state index in [9.17, 15) is 4.79 Å². The number of hydrogen-bond donors (Lipinski definition) is 0. The third-order valence-corrected chi connectivity index (χ3v) is 6.28. The maximum Gasteiger partial charge on any atom is 0.229 e. The summed E-state index contributed by atoms with van der Waals surface area (Å²) < 4.78 is 0. The number of thiophene rings is 1. The Hall–Kier alpha value is -2.40. The lowest BCUT2D eigenvalue weighted by Gasteiger charge is -2.42. The van der Waals surface area contributed by atoms with Gasteiger partial charge in [0, 0.05) is 36.4 Å². The van der Waals surface area contributed by atoms with Crippen LogP contribution in [0, 0.1) is 5.92 Å². The van der Waals surface area contributed by atoms with Crippen LogP contribution in [-0.2, 0) is 17.8 Å². The number of anilines is 1. The molecule has 5 heteroatoms. The molecule has 2 aliphatic rings. The fraction of sp³-hybridized carbons (Fsp3) is 0.300. The van der Waals surface area contributed by atoms with Crippen LogP contribution in [0.4, 0.5) is 5.82 Å². The molecule has 3 aromatic rings. The predicted molar refractivity (Wildman–Crippen MR) is 101 cm³/mol. The van der Waals surface area contributed by atoms with Gasteiger partial charge in [0.1, 0.15) is 5.82 Å². The standard InChI is InChI=1S/C20H19N3OS/c24-20(22-9-7-18-15(11-22)8-10-25-18)16-12-23(13-16)19-6-5-14-3-1-2-4-17(14)21-19/h1-6,8,10,16H,7,9,11-13H2. The summed E-state index contributed by atoms with van der Waals surface area (Å²) >= 11 is 1.81. The average molecular weight is 349 g/mol. The molecule has 1 amide bonds. The fourth-order valence-corrected chi connectivity index (χ4v) is 4.64. The molecule has 0 spiro atoms. The summed E-state index contributed by atoms with van der Waals surface area (Å²) in [4.78, 5) is 23.2. The highest BCUT2D eigenvalue weighted by Crippen LogP contribution is 2.29. The van der Waals surface area contributed by atoms with Crippen LogP contribution < -0.4 is 4.90 Å².